The van der Waals surface area contributed by atoms with Crippen molar-refractivity contribution in [2.45, 2.75) is 0 Å². The third kappa shape index (κ3) is 2.58. The van der Waals surface area contributed by atoms with E-state index in [1.807, 2.05) is 0 Å². The van der Waals surface area contributed by atoms with E-state index >= 15 is 0 Å². The van der Waals surface area contributed by atoms with Gasteiger partial charge in [-0.05, 0) is 12.1 Å². The van der Waals surface area contributed by atoms with Crippen LogP contribution in [0.15, 0.2) is 12.1 Å². The van der Waals surface area contributed by atoms with Gasteiger partial charge in [-0.2, -0.15) is 0 Å². The van der Waals surface area contributed by atoms with Gasteiger partial charge in [-0.3, -0.25) is 0 Å². The van der Waals surface area contributed by atoms with E-state index in [9.17, 15) is 4.79 Å². The fourth-order valence-corrected chi connectivity index (χ4v) is 0.979. The van der Waals surface area contributed by atoms with Crippen LogP contribution in [0.5, 0.6) is 5.75 Å². The molecule has 0 aliphatic rings. The van der Waals surface area contributed by atoms with Crippen molar-refractivity contribution in [1.29, 1.82) is 0 Å². The summed E-state index contributed by atoms with van der Waals surface area (Å²) >= 11 is 5.65. The number of rotatable bonds is 4. The van der Waals surface area contributed by atoms with Gasteiger partial charge in [-0.1, -0.05) is 11.6 Å². The van der Waals surface area contributed by atoms with Gasteiger partial charge < -0.3 is 14.6 Å². The molecule has 0 fully saturated rings. The fourth-order valence-electron chi connectivity index (χ4n) is 0.771. The molecule has 1 rings (SSSR count). The number of carboxylic acid groups (broad SMARTS) is 1. The third-order valence-electron chi connectivity index (χ3n) is 1.37. The quantitative estimate of drug-likeness (QED) is 0.610. The number of pyridine rings is 1. The molecule has 0 saturated heterocycles. The Balaban J connectivity index is 2.84. The molecule has 6 heteroatoms. The van der Waals surface area contributed by atoms with Crippen LogP contribution in [0.2, 0.25) is 5.15 Å². The number of hydrogen-bond donors (Lipinski definition) is 1. The van der Waals surface area contributed by atoms with Crippen molar-refractivity contribution < 1.29 is 19.4 Å². The topological polar surface area (TPSA) is 68.7 Å². The van der Waals surface area contributed by atoms with E-state index in [4.69, 9.17) is 21.4 Å². The Morgan fingerprint density at radius 2 is 2.36 bits per heavy atom. The first kappa shape index (κ1) is 10.7. The number of halogens is 1. The van der Waals surface area contributed by atoms with Gasteiger partial charge in [0.1, 0.15) is 5.69 Å². The average Bonchev–Trinajstić information content (AvgIpc) is 2.15. The maximum Gasteiger partial charge on any atom is 0.354 e. The number of carbonyl (C=O) groups is 1. The predicted molar refractivity (Wildman–Crippen MR) is 48.7 cm³/mol. The van der Waals surface area contributed by atoms with Gasteiger partial charge in [-0.15, -0.1) is 0 Å². The van der Waals surface area contributed by atoms with Crippen molar-refractivity contribution in [3.8, 4) is 5.75 Å². The summed E-state index contributed by atoms with van der Waals surface area (Å²) in [4.78, 5) is 14.1. The Bertz CT molecular complexity index is 342. The molecule has 14 heavy (non-hydrogen) atoms. The summed E-state index contributed by atoms with van der Waals surface area (Å²) in [6.07, 6.45) is 0. The summed E-state index contributed by atoms with van der Waals surface area (Å²) in [7, 11) is 1.47. The number of carboxylic acids is 1. The molecule has 0 amide bonds. The van der Waals surface area contributed by atoms with Crippen molar-refractivity contribution in [1.82, 2.24) is 4.98 Å². The van der Waals surface area contributed by atoms with E-state index in [0.29, 0.717) is 5.75 Å². The number of methoxy groups -OCH3 is 1. The first-order valence-corrected chi connectivity index (χ1v) is 4.04. The number of nitrogens with zero attached hydrogens (tertiary/aromatic N) is 1. The molecule has 1 N–H and O–H groups in total. The van der Waals surface area contributed by atoms with E-state index in [-0.39, 0.29) is 17.6 Å². The highest BCUT2D eigenvalue weighted by Gasteiger charge is 2.09. The Labute approximate surface area is 85.2 Å². The van der Waals surface area contributed by atoms with Gasteiger partial charge in [-0.25, -0.2) is 9.78 Å². The van der Waals surface area contributed by atoms with Crippen LogP contribution >= 0.6 is 11.6 Å². The second-order valence-electron chi connectivity index (χ2n) is 2.34. The summed E-state index contributed by atoms with van der Waals surface area (Å²) < 4.78 is 9.66. The molecule has 0 spiro atoms. The maximum atomic E-state index is 10.5. The van der Waals surface area contributed by atoms with Gasteiger partial charge in [0.2, 0.25) is 0 Å². The minimum absolute atomic E-state index is 0.00181. The minimum atomic E-state index is -1.13. The lowest BCUT2D eigenvalue weighted by molar-refractivity contribution is 0.0509. The van der Waals surface area contributed by atoms with Crippen LogP contribution in [0.4, 0.5) is 0 Å². The summed E-state index contributed by atoms with van der Waals surface area (Å²) in [5, 5.41) is 8.59. The molecular weight excluding hydrogens is 210 g/mol. The van der Waals surface area contributed by atoms with Gasteiger partial charge in [0.05, 0.1) is 0 Å². The van der Waals surface area contributed by atoms with Crippen molar-refractivity contribution in [3.05, 3.63) is 23.0 Å². The highest BCUT2D eigenvalue weighted by Crippen LogP contribution is 2.21. The van der Waals surface area contributed by atoms with Crippen LogP contribution in [0.3, 0.4) is 0 Å². The largest absolute Gasteiger partial charge is 0.477 e. The molecule has 0 aliphatic heterocycles. The van der Waals surface area contributed by atoms with Gasteiger partial charge in [0.15, 0.2) is 17.7 Å². The highest BCUT2D eigenvalue weighted by molar-refractivity contribution is 6.31. The normalized spacial score (nSPS) is 9.86. The summed E-state index contributed by atoms with van der Waals surface area (Å²) in [5.41, 5.74) is -0.125. The maximum absolute atomic E-state index is 10.5. The van der Waals surface area contributed by atoms with Crippen LogP contribution in [-0.2, 0) is 4.74 Å². The first-order chi connectivity index (χ1) is 6.65. The van der Waals surface area contributed by atoms with Gasteiger partial charge in [0, 0.05) is 7.11 Å². The van der Waals surface area contributed by atoms with Crippen LogP contribution in [-0.4, -0.2) is 30.0 Å². The second kappa shape index (κ2) is 4.78. The lowest BCUT2D eigenvalue weighted by Gasteiger charge is -2.05. The monoisotopic (exact) mass is 217 g/mol. The van der Waals surface area contributed by atoms with Crippen LogP contribution in [0.25, 0.3) is 0 Å². The highest BCUT2D eigenvalue weighted by atomic mass is 35.5. The molecule has 76 valence electrons. The number of aromatic nitrogens is 1. The first-order valence-electron chi connectivity index (χ1n) is 3.66. The SMILES string of the molecule is COCOc1ccc(C(=O)O)nc1Cl. The summed E-state index contributed by atoms with van der Waals surface area (Å²) in [6.45, 7) is 0.0355. The smallest absolute Gasteiger partial charge is 0.354 e. The number of aromatic carboxylic acids is 1. The predicted octanol–water partition coefficient (Wildman–Crippen LogP) is 1.42. The van der Waals surface area contributed by atoms with E-state index in [1.165, 1.54) is 19.2 Å². The van der Waals surface area contributed by atoms with Gasteiger partial charge >= 0.3 is 5.97 Å². The van der Waals surface area contributed by atoms with Crippen molar-refractivity contribution >= 4 is 17.6 Å². The number of hydrogen-bond acceptors (Lipinski definition) is 4. The molecule has 5 nitrogen and oxygen atoms in total. The standard InChI is InChI=1S/C8H8ClNO4/c1-13-4-14-6-3-2-5(8(11)12)10-7(6)9/h2-3H,4H2,1H3,(H,11,12). The summed E-state index contributed by atoms with van der Waals surface area (Å²) in [6, 6.07) is 2.73. The molecule has 0 bridgehead atoms. The number of ether oxygens (including phenoxy) is 2. The lowest BCUT2D eigenvalue weighted by atomic mass is 10.3. The zero-order chi connectivity index (χ0) is 10.6. The average molecular weight is 218 g/mol. The molecule has 0 aromatic carbocycles. The Morgan fingerprint density at radius 3 is 2.86 bits per heavy atom. The molecule has 0 unspecified atom stereocenters. The third-order valence-corrected chi connectivity index (χ3v) is 1.64. The molecule has 0 saturated carbocycles. The second-order valence-corrected chi connectivity index (χ2v) is 2.70. The van der Waals surface area contributed by atoms with Crippen LogP contribution < -0.4 is 4.74 Å². The zero-order valence-electron chi connectivity index (χ0n) is 7.36. The molecule has 0 atom stereocenters. The molecule has 1 aromatic heterocycles. The Morgan fingerprint density at radius 1 is 1.64 bits per heavy atom. The van der Waals surface area contributed by atoms with E-state index < -0.39 is 5.97 Å². The van der Waals surface area contributed by atoms with Crippen LogP contribution in [0.1, 0.15) is 10.5 Å². The molecule has 1 heterocycles. The van der Waals surface area contributed by atoms with Crippen molar-refractivity contribution in [2.75, 3.05) is 13.9 Å². The van der Waals surface area contributed by atoms with Crippen LogP contribution in [0, 0.1) is 0 Å². The lowest BCUT2D eigenvalue weighted by Crippen LogP contribution is -2.03. The molecular formula is C8H8ClNO4. The summed E-state index contributed by atoms with van der Waals surface area (Å²) in [5.74, 6) is -0.844. The Hall–Kier alpha value is -1.33. The molecule has 0 radical (unpaired) electrons. The van der Waals surface area contributed by atoms with E-state index in [2.05, 4.69) is 9.72 Å². The van der Waals surface area contributed by atoms with Crippen molar-refractivity contribution in [3.63, 3.8) is 0 Å². The van der Waals surface area contributed by atoms with E-state index in [1.54, 1.807) is 0 Å². The minimum Gasteiger partial charge on any atom is -0.477 e. The molecule has 1 aromatic rings. The molecule has 0 aliphatic carbocycles. The van der Waals surface area contributed by atoms with E-state index in [0.717, 1.165) is 0 Å². The van der Waals surface area contributed by atoms with Gasteiger partial charge in [0.25, 0.3) is 0 Å². The fraction of sp³-hybridized carbons (Fsp3) is 0.250. The zero-order valence-corrected chi connectivity index (χ0v) is 8.11. The van der Waals surface area contributed by atoms with Crippen molar-refractivity contribution in [2.24, 2.45) is 0 Å². The Kier molecular flexibility index (Phi) is 3.67.